The fraction of sp³-hybridized carbons (Fsp3) is 0.0769. The van der Waals surface area contributed by atoms with E-state index in [-0.39, 0.29) is 12.4 Å². The van der Waals surface area contributed by atoms with E-state index in [0.29, 0.717) is 15.6 Å². The Bertz CT molecular complexity index is 644. The smallest absolute Gasteiger partial charge is 0.305 e. The summed E-state index contributed by atoms with van der Waals surface area (Å²) >= 11 is 11.9. The van der Waals surface area contributed by atoms with Crippen molar-refractivity contribution in [1.82, 2.24) is 0 Å². The SMILES string of the molecule is O=[N+]([O-])c1ccc(OCc2c(Cl)cccc2Cl)cc1F. The molecular weight excluding hydrogens is 308 g/mol. The molecule has 104 valence electrons. The molecule has 2 rings (SSSR count). The number of ether oxygens (including phenoxy) is 1. The van der Waals surface area contributed by atoms with Crippen molar-refractivity contribution in [2.24, 2.45) is 0 Å². The topological polar surface area (TPSA) is 52.4 Å². The van der Waals surface area contributed by atoms with Gasteiger partial charge in [0.1, 0.15) is 12.4 Å². The third-order valence-electron chi connectivity index (χ3n) is 2.56. The summed E-state index contributed by atoms with van der Waals surface area (Å²) in [4.78, 5) is 9.69. The van der Waals surface area contributed by atoms with E-state index < -0.39 is 16.4 Å². The van der Waals surface area contributed by atoms with Crippen molar-refractivity contribution in [2.75, 3.05) is 0 Å². The van der Waals surface area contributed by atoms with Gasteiger partial charge in [0.2, 0.25) is 5.82 Å². The van der Waals surface area contributed by atoms with E-state index in [0.717, 1.165) is 12.1 Å². The van der Waals surface area contributed by atoms with Crippen LogP contribution in [-0.2, 0) is 6.61 Å². The number of nitrogens with zero attached hydrogens (tertiary/aromatic N) is 1. The zero-order valence-corrected chi connectivity index (χ0v) is 11.5. The maximum Gasteiger partial charge on any atom is 0.305 e. The minimum Gasteiger partial charge on any atom is -0.489 e. The second kappa shape index (κ2) is 6.07. The van der Waals surface area contributed by atoms with Crippen LogP contribution in [0.15, 0.2) is 36.4 Å². The van der Waals surface area contributed by atoms with Gasteiger partial charge in [0, 0.05) is 27.7 Å². The average molecular weight is 316 g/mol. The zero-order chi connectivity index (χ0) is 14.7. The second-order valence-electron chi connectivity index (χ2n) is 3.86. The number of rotatable bonds is 4. The van der Waals surface area contributed by atoms with Crippen molar-refractivity contribution in [2.45, 2.75) is 6.61 Å². The van der Waals surface area contributed by atoms with Crippen LogP contribution in [0.25, 0.3) is 0 Å². The normalized spacial score (nSPS) is 10.3. The highest BCUT2D eigenvalue weighted by Gasteiger charge is 2.14. The van der Waals surface area contributed by atoms with Crippen LogP contribution < -0.4 is 4.74 Å². The van der Waals surface area contributed by atoms with E-state index >= 15 is 0 Å². The van der Waals surface area contributed by atoms with Crippen molar-refractivity contribution in [3.8, 4) is 5.75 Å². The first-order valence-corrected chi connectivity index (χ1v) is 6.24. The second-order valence-corrected chi connectivity index (χ2v) is 4.67. The Morgan fingerprint density at radius 3 is 2.40 bits per heavy atom. The molecule has 0 N–H and O–H groups in total. The lowest BCUT2D eigenvalue weighted by molar-refractivity contribution is -0.387. The summed E-state index contributed by atoms with van der Waals surface area (Å²) in [6.45, 7) is 0.0375. The van der Waals surface area contributed by atoms with Crippen LogP contribution in [0.1, 0.15) is 5.56 Å². The molecule has 0 atom stereocenters. The Morgan fingerprint density at radius 2 is 1.85 bits per heavy atom. The summed E-state index contributed by atoms with van der Waals surface area (Å²) in [7, 11) is 0. The van der Waals surface area contributed by atoms with Crippen LogP contribution >= 0.6 is 23.2 Å². The van der Waals surface area contributed by atoms with Crippen LogP contribution in [0, 0.1) is 15.9 Å². The lowest BCUT2D eigenvalue weighted by Crippen LogP contribution is -1.99. The molecule has 0 saturated carbocycles. The molecule has 0 fully saturated rings. The third kappa shape index (κ3) is 3.18. The Morgan fingerprint density at radius 1 is 1.20 bits per heavy atom. The predicted molar refractivity (Wildman–Crippen MR) is 73.8 cm³/mol. The van der Waals surface area contributed by atoms with Crippen molar-refractivity contribution >= 4 is 28.9 Å². The van der Waals surface area contributed by atoms with Crippen LogP contribution in [-0.4, -0.2) is 4.92 Å². The van der Waals surface area contributed by atoms with Gasteiger partial charge in [-0.25, -0.2) is 0 Å². The largest absolute Gasteiger partial charge is 0.489 e. The molecule has 7 heteroatoms. The zero-order valence-electron chi connectivity index (χ0n) is 9.98. The number of nitro benzene ring substituents is 1. The molecule has 0 aliphatic rings. The minimum atomic E-state index is -0.960. The summed E-state index contributed by atoms with van der Waals surface area (Å²) in [5, 5.41) is 11.4. The fourth-order valence-corrected chi connectivity index (χ4v) is 2.06. The average Bonchev–Trinajstić information content (AvgIpc) is 2.37. The molecule has 0 radical (unpaired) electrons. The first-order chi connectivity index (χ1) is 9.49. The van der Waals surface area contributed by atoms with Crippen LogP contribution in [0.3, 0.4) is 0 Å². The molecule has 0 amide bonds. The summed E-state index contributed by atoms with van der Waals surface area (Å²) < 4.78 is 18.7. The van der Waals surface area contributed by atoms with Crippen LogP contribution in [0.4, 0.5) is 10.1 Å². The van der Waals surface area contributed by atoms with Gasteiger partial charge in [-0.05, 0) is 18.2 Å². The van der Waals surface area contributed by atoms with E-state index in [1.807, 2.05) is 0 Å². The molecule has 20 heavy (non-hydrogen) atoms. The van der Waals surface area contributed by atoms with Gasteiger partial charge in [-0.15, -0.1) is 0 Å². The Labute approximate surface area is 123 Å². The monoisotopic (exact) mass is 315 g/mol. The van der Waals surface area contributed by atoms with Crippen molar-refractivity contribution in [1.29, 1.82) is 0 Å². The van der Waals surface area contributed by atoms with E-state index in [1.165, 1.54) is 6.07 Å². The molecule has 0 bridgehead atoms. The Hall–Kier alpha value is -1.85. The van der Waals surface area contributed by atoms with Gasteiger partial charge in [0.05, 0.1) is 4.92 Å². The molecule has 0 saturated heterocycles. The number of nitro groups is 1. The maximum atomic E-state index is 13.4. The lowest BCUT2D eigenvalue weighted by Gasteiger charge is -2.09. The third-order valence-corrected chi connectivity index (χ3v) is 3.27. The van der Waals surface area contributed by atoms with E-state index in [1.54, 1.807) is 18.2 Å². The van der Waals surface area contributed by atoms with Gasteiger partial charge >= 0.3 is 5.69 Å². The summed E-state index contributed by atoms with van der Waals surface area (Å²) in [5.74, 6) is -0.804. The van der Waals surface area contributed by atoms with Crippen molar-refractivity contribution in [3.63, 3.8) is 0 Å². The highest BCUT2D eigenvalue weighted by atomic mass is 35.5. The highest BCUT2D eigenvalue weighted by Crippen LogP contribution is 2.27. The number of benzene rings is 2. The first-order valence-electron chi connectivity index (χ1n) is 5.48. The quantitative estimate of drug-likeness (QED) is 0.611. The highest BCUT2D eigenvalue weighted by molar-refractivity contribution is 6.35. The molecule has 0 spiro atoms. The van der Waals surface area contributed by atoms with Gasteiger partial charge in [-0.3, -0.25) is 10.1 Å². The number of hydrogen-bond acceptors (Lipinski definition) is 3. The van der Waals surface area contributed by atoms with Crippen LogP contribution in [0.5, 0.6) is 5.75 Å². The Kier molecular flexibility index (Phi) is 4.42. The van der Waals surface area contributed by atoms with Gasteiger partial charge < -0.3 is 4.74 Å². The number of halogens is 3. The Balaban J connectivity index is 2.16. The molecule has 2 aromatic carbocycles. The van der Waals surface area contributed by atoms with Gasteiger partial charge in [0.15, 0.2) is 0 Å². The first kappa shape index (κ1) is 14.6. The molecule has 0 aliphatic heterocycles. The molecule has 4 nitrogen and oxygen atoms in total. The minimum absolute atomic E-state index is 0.0375. The summed E-state index contributed by atoms with van der Waals surface area (Å²) in [6.07, 6.45) is 0. The summed E-state index contributed by atoms with van der Waals surface area (Å²) in [6, 6.07) is 8.30. The lowest BCUT2D eigenvalue weighted by atomic mass is 10.2. The van der Waals surface area contributed by atoms with E-state index in [4.69, 9.17) is 27.9 Å². The van der Waals surface area contributed by atoms with Crippen LogP contribution in [0.2, 0.25) is 10.0 Å². The van der Waals surface area contributed by atoms with Gasteiger partial charge in [0.25, 0.3) is 0 Å². The number of hydrogen-bond donors (Lipinski definition) is 0. The van der Waals surface area contributed by atoms with E-state index in [9.17, 15) is 14.5 Å². The fourth-order valence-electron chi connectivity index (χ4n) is 1.55. The molecule has 2 aromatic rings. The molecule has 0 aliphatic carbocycles. The van der Waals surface area contributed by atoms with Gasteiger partial charge in [-0.1, -0.05) is 29.3 Å². The molecular formula is C13H8Cl2FNO3. The van der Waals surface area contributed by atoms with Gasteiger partial charge in [-0.2, -0.15) is 4.39 Å². The van der Waals surface area contributed by atoms with Crippen molar-refractivity contribution < 1.29 is 14.1 Å². The maximum absolute atomic E-state index is 13.4. The van der Waals surface area contributed by atoms with Crippen molar-refractivity contribution in [3.05, 3.63) is 67.9 Å². The standard InChI is InChI=1S/C13H8Cl2FNO3/c14-10-2-1-3-11(15)9(10)7-20-8-4-5-13(17(18)19)12(16)6-8/h1-6H,7H2. The molecule has 0 aromatic heterocycles. The van der Waals surface area contributed by atoms with E-state index in [2.05, 4.69) is 0 Å². The molecule has 0 unspecified atom stereocenters. The molecule has 0 heterocycles. The predicted octanol–water partition coefficient (Wildman–Crippen LogP) is 4.62. The summed E-state index contributed by atoms with van der Waals surface area (Å²) in [5.41, 5.74) is -0.0391.